The molecule has 2 aromatic rings. The van der Waals surface area contributed by atoms with E-state index in [1.165, 1.54) is 12.1 Å². The maximum absolute atomic E-state index is 13.5. The average molecular weight is 337 g/mol. The fourth-order valence-electron chi connectivity index (χ4n) is 2.46. The zero-order chi connectivity index (χ0) is 15.7. The van der Waals surface area contributed by atoms with Gasteiger partial charge < -0.3 is 0 Å². The lowest BCUT2D eigenvalue weighted by atomic mass is 10.0. The lowest BCUT2D eigenvalue weighted by molar-refractivity contribution is 0.541. The Bertz CT molecular complexity index is 788. The van der Waals surface area contributed by atoms with E-state index >= 15 is 0 Å². The van der Waals surface area contributed by atoms with Gasteiger partial charge in [-0.3, -0.25) is 0 Å². The van der Waals surface area contributed by atoms with Crippen LogP contribution in [0.2, 0.25) is 0 Å². The Morgan fingerprint density at radius 1 is 1.18 bits per heavy atom. The Morgan fingerprint density at radius 2 is 1.91 bits per heavy atom. The van der Waals surface area contributed by atoms with E-state index in [0.717, 1.165) is 16.2 Å². The molecule has 0 fully saturated rings. The lowest BCUT2D eigenvalue weighted by Crippen LogP contribution is -2.30. The molecule has 0 aromatic heterocycles. The maximum Gasteiger partial charge on any atom is 0.241 e. The lowest BCUT2D eigenvalue weighted by Gasteiger charge is -2.25. The molecule has 2 aromatic carbocycles. The molecular weight excluding hydrogens is 321 g/mol. The Hall–Kier alpha value is -1.37. The summed E-state index contributed by atoms with van der Waals surface area (Å²) in [5, 5.41) is 0. The quantitative estimate of drug-likeness (QED) is 0.930. The third-order valence-corrected chi connectivity index (χ3v) is 6.25. The molecule has 0 bridgehead atoms. The standard InChI is InChI=1S/C16H16FNO2S2/c1-11-2-5-13(6-3-11)22(19,20)18-15-8-9-21-16-7-4-12(17)10-14(15)16/h2-7,10,15,18H,8-9H2,1H3. The van der Waals surface area contributed by atoms with Crippen molar-refractivity contribution in [3.8, 4) is 0 Å². The number of hydrogen-bond donors (Lipinski definition) is 1. The number of rotatable bonds is 3. The highest BCUT2D eigenvalue weighted by molar-refractivity contribution is 7.99. The Kier molecular flexibility index (Phi) is 4.25. The minimum Gasteiger partial charge on any atom is -0.207 e. The highest BCUT2D eigenvalue weighted by Gasteiger charge is 2.26. The van der Waals surface area contributed by atoms with Gasteiger partial charge in [0, 0.05) is 10.9 Å². The van der Waals surface area contributed by atoms with E-state index in [1.54, 1.807) is 42.1 Å². The first-order valence-corrected chi connectivity index (χ1v) is 9.44. The predicted octanol–water partition coefficient (Wildman–Crippen LogP) is 3.65. The summed E-state index contributed by atoms with van der Waals surface area (Å²) in [4.78, 5) is 1.17. The molecule has 116 valence electrons. The van der Waals surface area contributed by atoms with Crippen molar-refractivity contribution in [1.29, 1.82) is 0 Å². The molecule has 1 aliphatic heterocycles. The van der Waals surface area contributed by atoms with Gasteiger partial charge in [-0.2, -0.15) is 0 Å². The Labute approximate surface area is 134 Å². The van der Waals surface area contributed by atoms with Crippen LogP contribution in [0.25, 0.3) is 0 Å². The SMILES string of the molecule is Cc1ccc(S(=O)(=O)NC2CCSc3ccc(F)cc32)cc1. The monoisotopic (exact) mass is 337 g/mol. The summed E-state index contributed by atoms with van der Waals surface area (Å²) in [6, 6.07) is 10.8. The molecule has 1 aliphatic rings. The van der Waals surface area contributed by atoms with Crippen molar-refractivity contribution in [2.24, 2.45) is 0 Å². The molecule has 22 heavy (non-hydrogen) atoms. The van der Waals surface area contributed by atoms with Crippen LogP contribution in [-0.4, -0.2) is 14.2 Å². The van der Waals surface area contributed by atoms with Crippen LogP contribution >= 0.6 is 11.8 Å². The first-order chi connectivity index (χ1) is 10.5. The van der Waals surface area contributed by atoms with Gasteiger partial charge >= 0.3 is 0 Å². The first-order valence-electron chi connectivity index (χ1n) is 6.97. The van der Waals surface area contributed by atoms with Gasteiger partial charge in [0.25, 0.3) is 0 Å². The predicted molar refractivity (Wildman–Crippen MR) is 86.0 cm³/mol. The first kappa shape index (κ1) is 15.5. The number of halogens is 1. The highest BCUT2D eigenvalue weighted by Crippen LogP contribution is 2.37. The van der Waals surface area contributed by atoms with Crippen molar-refractivity contribution < 1.29 is 12.8 Å². The highest BCUT2D eigenvalue weighted by atomic mass is 32.2. The third kappa shape index (κ3) is 3.19. The summed E-state index contributed by atoms with van der Waals surface area (Å²) < 4.78 is 41.2. The molecule has 3 rings (SSSR count). The number of fused-ring (bicyclic) bond motifs is 1. The molecule has 3 nitrogen and oxygen atoms in total. The number of sulfonamides is 1. The minimum absolute atomic E-state index is 0.231. The number of benzene rings is 2. The molecule has 1 N–H and O–H groups in total. The molecule has 0 saturated heterocycles. The summed E-state index contributed by atoms with van der Waals surface area (Å²) in [6.45, 7) is 1.90. The van der Waals surface area contributed by atoms with Gasteiger partial charge in [-0.15, -0.1) is 11.8 Å². The Morgan fingerprint density at radius 3 is 2.64 bits per heavy atom. The summed E-state index contributed by atoms with van der Waals surface area (Å²) >= 11 is 1.62. The third-order valence-electron chi connectivity index (χ3n) is 3.64. The molecule has 0 spiro atoms. The number of aryl methyl sites for hydroxylation is 1. The van der Waals surface area contributed by atoms with Crippen LogP contribution in [0.3, 0.4) is 0 Å². The zero-order valence-electron chi connectivity index (χ0n) is 12.0. The molecule has 1 heterocycles. The summed E-state index contributed by atoms with van der Waals surface area (Å²) in [6.07, 6.45) is 0.645. The molecule has 0 saturated carbocycles. The Balaban J connectivity index is 1.91. The summed E-state index contributed by atoms with van der Waals surface area (Å²) in [5.41, 5.74) is 1.72. The van der Waals surface area contributed by atoms with E-state index in [0.29, 0.717) is 12.0 Å². The van der Waals surface area contributed by atoms with Crippen molar-refractivity contribution in [2.45, 2.75) is 29.2 Å². The van der Waals surface area contributed by atoms with Gasteiger partial charge in [0.2, 0.25) is 10.0 Å². The van der Waals surface area contributed by atoms with Gasteiger partial charge in [0.1, 0.15) is 5.82 Å². The van der Waals surface area contributed by atoms with E-state index in [-0.39, 0.29) is 10.7 Å². The van der Waals surface area contributed by atoms with E-state index in [1.807, 2.05) is 6.92 Å². The van der Waals surface area contributed by atoms with Crippen LogP contribution < -0.4 is 4.72 Å². The second kappa shape index (κ2) is 6.02. The van der Waals surface area contributed by atoms with Crippen molar-refractivity contribution in [1.82, 2.24) is 4.72 Å². The molecule has 0 amide bonds. The van der Waals surface area contributed by atoms with Gasteiger partial charge in [0.15, 0.2) is 0 Å². The van der Waals surface area contributed by atoms with Gasteiger partial charge in [-0.05, 0) is 55.0 Å². The van der Waals surface area contributed by atoms with E-state index in [4.69, 9.17) is 0 Å². The number of nitrogens with one attached hydrogen (secondary N) is 1. The largest absolute Gasteiger partial charge is 0.241 e. The maximum atomic E-state index is 13.5. The second-order valence-electron chi connectivity index (χ2n) is 5.31. The second-order valence-corrected chi connectivity index (χ2v) is 8.16. The topological polar surface area (TPSA) is 46.2 Å². The van der Waals surface area contributed by atoms with Crippen molar-refractivity contribution in [3.05, 3.63) is 59.4 Å². The molecule has 1 unspecified atom stereocenters. The number of hydrogen-bond acceptors (Lipinski definition) is 3. The molecular formula is C16H16FNO2S2. The van der Waals surface area contributed by atoms with E-state index in [9.17, 15) is 12.8 Å². The normalized spacial score (nSPS) is 18.0. The van der Waals surface area contributed by atoms with Crippen LogP contribution in [0.5, 0.6) is 0 Å². The van der Waals surface area contributed by atoms with Crippen LogP contribution in [0.1, 0.15) is 23.6 Å². The molecule has 0 radical (unpaired) electrons. The van der Waals surface area contributed by atoms with Crippen molar-refractivity contribution >= 4 is 21.8 Å². The van der Waals surface area contributed by atoms with Crippen LogP contribution in [0.4, 0.5) is 4.39 Å². The van der Waals surface area contributed by atoms with Gasteiger partial charge in [-0.1, -0.05) is 17.7 Å². The van der Waals surface area contributed by atoms with Gasteiger partial charge in [-0.25, -0.2) is 17.5 Å². The summed E-state index contributed by atoms with van der Waals surface area (Å²) in [7, 11) is -3.61. The van der Waals surface area contributed by atoms with E-state index in [2.05, 4.69) is 4.72 Å². The fourth-order valence-corrected chi connectivity index (χ4v) is 4.82. The number of thioether (sulfide) groups is 1. The molecule has 6 heteroatoms. The molecule has 1 atom stereocenters. The zero-order valence-corrected chi connectivity index (χ0v) is 13.7. The van der Waals surface area contributed by atoms with E-state index < -0.39 is 16.1 Å². The van der Waals surface area contributed by atoms with Crippen LogP contribution in [0, 0.1) is 12.7 Å². The van der Waals surface area contributed by atoms with Gasteiger partial charge in [0.05, 0.1) is 4.90 Å². The van der Waals surface area contributed by atoms with Crippen molar-refractivity contribution in [2.75, 3.05) is 5.75 Å². The fraction of sp³-hybridized carbons (Fsp3) is 0.250. The summed E-state index contributed by atoms with van der Waals surface area (Å²) in [5.74, 6) is 0.459. The average Bonchev–Trinajstić information content (AvgIpc) is 2.48. The van der Waals surface area contributed by atoms with Crippen molar-refractivity contribution in [3.63, 3.8) is 0 Å². The molecule has 0 aliphatic carbocycles. The minimum atomic E-state index is -3.61. The van der Waals surface area contributed by atoms with Crippen LogP contribution in [-0.2, 0) is 10.0 Å². The smallest absolute Gasteiger partial charge is 0.207 e. The van der Waals surface area contributed by atoms with Crippen LogP contribution in [0.15, 0.2) is 52.3 Å².